The number of para-hydroxylation sites is 2. The Balaban J connectivity index is 1.37. The third kappa shape index (κ3) is 2.45. The van der Waals surface area contributed by atoms with Gasteiger partial charge in [0.05, 0.1) is 16.6 Å². The van der Waals surface area contributed by atoms with Crippen LogP contribution in [0.25, 0.3) is 21.9 Å². The second-order valence-corrected chi connectivity index (χ2v) is 6.70. The summed E-state index contributed by atoms with van der Waals surface area (Å²) in [5.74, 6) is 1.05. The number of rotatable bonds is 2. The molecular weight excluding hydrogens is 324 g/mol. The third-order valence-corrected chi connectivity index (χ3v) is 5.18. The topological polar surface area (TPSA) is 50.1 Å². The van der Waals surface area contributed by atoms with Gasteiger partial charge in [-0.15, -0.1) is 0 Å². The fraction of sp³-hybridized carbons (Fsp3) is 0.250. The van der Waals surface area contributed by atoms with Crippen LogP contribution < -0.4 is 9.80 Å². The average molecular weight is 344 g/mol. The van der Waals surface area contributed by atoms with Crippen LogP contribution in [0, 0.1) is 0 Å². The minimum absolute atomic E-state index is 0.959. The molecule has 1 fully saturated rings. The maximum Gasteiger partial charge on any atom is 0.206 e. The van der Waals surface area contributed by atoms with Crippen LogP contribution in [-0.2, 0) is 7.05 Å². The van der Waals surface area contributed by atoms with Gasteiger partial charge in [-0.25, -0.2) is 15.0 Å². The van der Waals surface area contributed by atoms with Crippen molar-refractivity contribution in [3.63, 3.8) is 0 Å². The largest absolute Gasteiger partial charge is 0.368 e. The molecule has 0 bridgehead atoms. The molecule has 6 nitrogen and oxygen atoms in total. The van der Waals surface area contributed by atoms with Crippen molar-refractivity contribution in [3.8, 4) is 0 Å². The first-order valence-corrected chi connectivity index (χ1v) is 8.91. The molecule has 0 saturated carbocycles. The number of anilines is 2. The van der Waals surface area contributed by atoms with Crippen LogP contribution in [0.15, 0.2) is 55.0 Å². The van der Waals surface area contributed by atoms with Gasteiger partial charge in [-0.3, -0.25) is 0 Å². The predicted molar refractivity (Wildman–Crippen MR) is 105 cm³/mol. The Bertz CT molecular complexity index is 1080. The van der Waals surface area contributed by atoms with Crippen molar-refractivity contribution in [3.05, 3.63) is 55.0 Å². The molecule has 1 aliphatic heterocycles. The molecule has 2 aromatic heterocycles. The fourth-order valence-corrected chi connectivity index (χ4v) is 3.75. The van der Waals surface area contributed by atoms with E-state index < -0.39 is 0 Å². The number of aryl methyl sites for hydroxylation is 1. The number of hydrogen-bond acceptors (Lipinski definition) is 5. The first-order valence-electron chi connectivity index (χ1n) is 8.91. The lowest BCUT2D eigenvalue weighted by Crippen LogP contribution is -2.47. The van der Waals surface area contributed by atoms with E-state index in [1.807, 2.05) is 12.3 Å². The van der Waals surface area contributed by atoms with Gasteiger partial charge in [0.25, 0.3) is 0 Å². The minimum Gasteiger partial charge on any atom is -0.368 e. The monoisotopic (exact) mass is 344 g/mol. The van der Waals surface area contributed by atoms with Gasteiger partial charge >= 0.3 is 0 Å². The van der Waals surface area contributed by atoms with Gasteiger partial charge in [0.15, 0.2) is 0 Å². The van der Waals surface area contributed by atoms with Crippen molar-refractivity contribution in [2.24, 2.45) is 7.05 Å². The van der Waals surface area contributed by atoms with Gasteiger partial charge in [-0.2, -0.15) is 0 Å². The summed E-state index contributed by atoms with van der Waals surface area (Å²) in [6.45, 7) is 3.87. The molecule has 0 atom stereocenters. The summed E-state index contributed by atoms with van der Waals surface area (Å²) in [7, 11) is 2.10. The molecule has 5 rings (SSSR count). The SMILES string of the molecule is Cn1c(N2CCN(c3ccc4ncncc4c3)CC2)nc2ccccc21. The maximum atomic E-state index is 4.83. The van der Waals surface area contributed by atoms with E-state index in [1.54, 1.807) is 6.33 Å². The van der Waals surface area contributed by atoms with Gasteiger partial charge in [-0.1, -0.05) is 12.1 Å². The molecule has 0 unspecified atom stereocenters. The average Bonchev–Trinajstić information content (AvgIpc) is 3.05. The number of hydrogen-bond donors (Lipinski definition) is 0. The molecule has 4 aromatic rings. The Hall–Kier alpha value is -3.15. The van der Waals surface area contributed by atoms with Crippen LogP contribution in [-0.4, -0.2) is 45.7 Å². The first kappa shape index (κ1) is 15.1. The summed E-state index contributed by atoms with van der Waals surface area (Å²) in [5, 5.41) is 1.09. The lowest BCUT2D eigenvalue weighted by atomic mass is 10.2. The highest BCUT2D eigenvalue weighted by molar-refractivity contribution is 5.82. The summed E-state index contributed by atoms with van der Waals surface area (Å²) in [4.78, 5) is 18.1. The quantitative estimate of drug-likeness (QED) is 0.560. The molecule has 130 valence electrons. The van der Waals surface area contributed by atoms with Crippen LogP contribution in [0.1, 0.15) is 0 Å². The summed E-state index contributed by atoms with van der Waals surface area (Å²) in [6.07, 6.45) is 3.47. The van der Waals surface area contributed by atoms with Gasteiger partial charge in [0.1, 0.15) is 6.33 Å². The molecule has 1 aliphatic rings. The van der Waals surface area contributed by atoms with Crippen molar-refractivity contribution in [1.82, 2.24) is 19.5 Å². The summed E-state index contributed by atoms with van der Waals surface area (Å²) in [5.41, 5.74) is 4.46. The number of aromatic nitrogens is 4. The van der Waals surface area contributed by atoms with E-state index in [4.69, 9.17) is 4.98 Å². The molecule has 0 amide bonds. The summed E-state index contributed by atoms with van der Waals surface area (Å²) in [6, 6.07) is 14.7. The lowest BCUT2D eigenvalue weighted by molar-refractivity contribution is 0.632. The summed E-state index contributed by atoms with van der Waals surface area (Å²) < 4.78 is 2.19. The zero-order valence-electron chi connectivity index (χ0n) is 14.7. The van der Waals surface area contributed by atoms with Gasteiger partial charge in [0.2, 0.25) is 5.95 Å². The van der Waals surface area contributed by atoms with Gasteiger partial charge in [0, 0.05) is 50.5 Å². The van der Waals surface area contributed by atoms with Crippen molar-refractivity contribution in [2.45, 2.75) is 0 Å². The second kappa shape index (κ2) is 5.98. The highest BCUT2D eigenvalue weighted by atomic mass is 15.3. The molecule has 3 heterocycles. The van der Waals surface area contributed by atoms with Crippen molar-refractivity contribution < 1.29 is 0 Å². The molecule has 1 saturated heterocycles. The van der Waals surface area contributed by atoms with E-state index in [1.165, 1.54) is 11.2 Å². The van der Waals surface area contributed by atoms with E-state index in [-0.39, 0.29) is 0 Å². The Morgan fingerprint density at radius 3 is 2.54 bits per heavy atom. The normalized spacial score (nSPS) is 15.1. The predicted octanol–water partition coefficient (Wildman–Crippen LogP) is 2.84. The van der Waals surface area contributed by atoms with E-state index >= 15 is 0 Å². The number of benzene rings is 2. The van der Waals surface area contributed by atoms with Crippen LogP contribution in [0.2, 0.25) is 0 Å². The van der Waals surface area contributed by atoms with Crippen LogP contribution in [0.4, 0.5) is 11.6 Å². The molecule has 0 spiro atoms. The molecule has 0 aliphatic carbocycles. The smallest absolute Gasteiger partial charge is 0.206 e. The van der Waals surface area contributed by atoms with E-state index in [0.717, 1.165) is 48.5 Å². The fourth-order valence-electron chi connectivity index (χ4n) is 3.75. The Morgan fingerprint density at radius 2 is 1.69 bits per heavy atom. The maximum absolute atomic E-state index is 4.83. The van der Waals surface area contributed by atoms with E-state index in [2.05, 4.69) is 67.8 Å². The molecule has 6 heteroatoms. The number of nitrogens with zero attached hydrogens (tertiary/aromatic N) is 6. The van der Waals surface area contributed by atoms with Crippen molar-refractivity contribution in [2.75, 3.05) is 36.0 Å². The van der Waals surface area contributed by atoms with Gasteiger partial charge in [-0.05, 0) is 30.3 Å². The highest BCUT2D eigenvalue weighted by Gasteiger charge is 2.21. The Morgan fingerprint density at radius 1 is 0.885 bits per heavy atom. The summed E-state index contributed by atoms with van der Waals surface area (Å²) >= 11 is 0. The third-order valence-electron chi connectivity index (χ3n) is 5.18. The van der Waals surface area contributed by atoms with E-state index in [9.17, 15) is 0 Å². The van der Waals surface area contributed by atoms with Crippen LogP contribution in [0.5, 0.6) is 0 Å². The molecule has 26 heavy (non-hydrogen) atoms. The first-order chi connectivity index (χ1) is 12.8. The number of imidazole rings is 1. The molecule has 2 aromatic carbocycles. The Labute approximate surface area is 151 Å². The lowest BCUT2D eigenvalue weighted by Gasteiger charge is -2.36. The standard InChI is InChI=1S/C20H20N6/c1-24-19-5-3-2-4-18(19)23-20(24)26-10-8-25(9-11-26)16-6-7-17-15(12-16)13-21-14-22-17/h2-7,12-14H,8-11H2,1H3. The molecular formula is C20H20N6. The van der Waals surface area contributed by atoms with Crippen molar-refractivity contribution >= 4 is 33.6 Å². The minimum atomic E-state index is 0.959. The zero-order chi connectivity index (χ0) is 17.5. The van der Waals surface area contributed by atoms with Crippen LogP contribution in [0.3, 0.4) is 0 Å². The molecule has 0 radical (unpaired) electrons. The molecule has 0 N–H and O–H groups in total. The van der Waals surface area contributed by atoms with E-state index in [0.29, 0.717) is 0 Å². The highest BCUT2D eigenvalue weighted by Crippen LogP contribution is 2.25. The number of piperazine rings is 1. The Kier molecular flexibility index (Phi) is 3.48. The zero-order valence-corrected chi connectivity index (χ0v) is 14.7. The number of fused-ring (bicyclic) bond motifs is 2. The second-order valence-electron chi connectivity index (χ2n) is 6.70. The van der Waals surface area contributed by atoms with Crippen LogP contribution >= 0.6 is 0 Å². The van der Waals surface area contributed by atoms with Crippen molar-refractivity contribution in [1.29, 1.82) is 0 Å². The van der Waals surface area contributed by atoms with Gasteiger partial charge < -0.3 is 14.4 Å².